The van der Waals surface area contributed by atoms with E-state index >= 15 is 0 Å². The summed E-state index contributed by atoms with van der Waals surface area (Å²) in [6.45, 7) is 6.08. The summed E-state index contributed by atoms with van der Waals surface area (Å²) in [6.07, 6.45) is 5.42. The van der Waals surface area contributed by atoms with Gasteiger partial charge in [-0.3, -0.25) is 9.58 Å². The molecule has 3 aromatic heterocycles. The van der Waals surface area contributed by atoms with Gasteiger partial charge in [0.25, 0.3) is 0 Å². The number of furan rings is 1. The molecule has 4 heterocycles. The molecule has 1 aliphatic rings. The Morgan fingerprint density at radius 1 is 1.25 bits per heavy atom. The first-order chi connectivity index (χ1) is 11.7. The van der Waals surface area contributed by atoms with E-state index in [0.717, 1.165) is 55.7 Å². The highest BCUT2D eigenvalue weighted by Crippen LogP contribution is 2.24. The molecule has 0 spiro atoms. The predicted molar refractivity (Wildman–Crippen MR) is 86.7 cm³/mol. The molecule has 126 valence electrons. The second-order valence-corrected chi connectivity index (χ2v) is 5.96. The highest BCUT2D eigenvalue weighted by molar-refractivity contribution is 5.57. The highest BCUT2D eigenvalue weighted by Gasteiger charge is 2.17. The maximum Gasteiger partial charge on any atom is 0.166 e. The van der Waals surface area contributed by atoms with E-state index in [2.05, 4.69) is 20.1 Å². The van der Waals surface area contributed by atoms with Gasteiger partial charge in [0.1, 0.15) is 23.5 Å². The standard InChI is InChI=1S/C16H20N6O2/c1-12-18-16(22(19-12)14-8-17-20(2)9-14)13-7-15(24-11-13)10-21-3-5-23-6-4-21/h7-9,11H,3-6,10H2,1-2H3. The molecule has 0 saturated carbocycles. The normalized spacial score (nSPS) is 15.9. The van der Waals surface area contributed by atoms with Crippen LogP contribution in [0.2, 0.25) is 0 Å². The highest BCUT2D eigenvalue weighted by atomic mass is 16.5. The first-order valence-corrected chi connectivity index (χ1v) is 7.99. The van der Waals surface area contributed by atoms with Gasteiger partial charge in [0, 0.05) is 20.1 Å². The minimum Gasteiger partial charge on any atom is -0.467 e. The molecular weight excluding hydrogens is 308 g/mol. The van der Waals surface area contributed by atoms with Crippen molar-refractivity contribution >= 4 is 0 Å². The van der Waals surface area contributed by atoms with Crippen LogP contribution in [0.4, 0.5) is 0 Å². The van der Waals surface area contributed by atoms with Crippen LogP contribution in [0.3, 0.4) is 0 Å². The van der Waals surface area contributed by atoms with E-state index in [1.807, 2.05) is 26.2 Å². The Morgan fingerprint density at radius 2 is 2.08 bits per heavy atom. The zero-order valence-electron chi connectivity index (χ0n) is 13.8. The van der Waals surface area contributed by atoms with Crippen LogP contribution in [0, 0.1) is 6.92 Å². The van der Waals surface area contributed by atoms with Gasteiger partial charge in [0.2, 0.25) is 0 Å². The van der Waals surface area contributed by atoms with Crippen LogP contribution in [-0.4, -0.2) is 55.7 Å². The van der Waals surface area contributed by atoms with Gasteiger partial charge in [-0.05, 0) is 13.0 Å². The number of morpholine rings is 1. The van der Waals surface area contributed by atoms with Crippen LogP contribution < -0.4 is 0 Å². The van der Waals surface area contributed by atoms with Crippen molar-refractivity contribution < 1.29 is 9.15 Å². The Bertz CT molecular complexity index is 827. The summed E-state index contributed by atoms with van der Waals surface area (Å²) in [5.41, 5.74) is 1.80. The molecule has 1 fully saturated rings. The molecule has 0 atom stereocenters. The SMILES string of the molecule is Cc1nc(-c2coc(CN3CCOCC3)c2)n(-c2cnn(C)c2)n1. The maximum atomic E-state index is 5.74. The van der Waals surface area contributed by atoms with E-state index in [9.17, 15) is 0 Å². The van der Waals surface area contributed by atoms with Gasteiger partial charge in [-0.1, -0.05) is 0 Å². The van der Waals surface area contributed by atoms with Crippen LogP contribution >= 0.6 is 0 Å². The molecule has 8 heteroatoms. The van der Waals surface area contributed by atoms with Crippen LogP contribution in [-0.2, 0) is 18.3 Å². The van der Waals surface area contributed by atoms with Crippen molar-refractivity contribution in [2.45, 2.75) is 13.5 Å². The van der Waals surface area contributed by atoms with Crippen LogP contribution in [0.1, 0.15) is 11.6 Å². The maximum absolute atomic E-state index is 5.74. The molecule has 0 amide bonds. The third-order valence-corrected chi connectivity index (χ3v) is 4.04. The Balaban J connectivity index is 1.60. The van der Waals surface area contributed by atoms with E-state index in [0.29, 0.717) is 5.82 Å². The lowest BCUT2D eigenvalue weighted by Crippen LogP contribution is -2.35. The molecule has 0 unspecified atom stereocenters. The molecule has 1 aliphatic heterocycles. The minimum atomic E-state index is 0.713. The summed E-state index contributed by atoms with van der Waals surface area (Å²) >= 11 is 0. The first-order valence-electron chi connectivity index (χ1n) is 7.99. The van der Waals surface area contributed by atoms with Crippen molar-refractivity contribution in [3.63, 3.8) is 0 Å². The van der Waals surface area contributed by atoms with E-state index in [4.69, 9.17) is 9.15 Å². The molecule has 1 saturated heterocycles. The molecule has 0 N–H and O–H groups in total. The summed E-state index contributed by atoms with van der Waals surface area (Å²) in [5.74, 6) is 2.40. The second-order valence-electron chi connectivity index (χ2n) is 5.96. The molecule has 0 aromatic carbocycles. The van der Waals surface area contributed by atoms with Gasteiger partial charge in [0.15, 0.2) is 5.82 Å². The number of aromatic nitrogens is 5. The summed E-state index contributed by atoms with van der Waals surface area (Å²) in [4.78, 5) is 6.87. The quantitative estimate of drug-likeness (QED) is 0.721. The third kappa shape index (κ3) is 2.98. The molecule has 0 aliphatic carbocycles. The predicted octanol–water partition coefficient (Wildman–Crippen LogP) is 1.40. The lowest BCUT2D eigenvalue weighted by atomic mass is 10.2. The number of nitrogens with zero attached hydrogens (tertiary/aromatic N) is 6. The summed E-state index contributed by atoms with van der Waals surface area (Å²) < 4.78 is 14.7. The van der Waals surface area contributed by atoms with Gasteiger partial charge in [-0.15, -0.1) is 0 Å². The van der Waals surface area contributed by atoms with Crippen LogP contribution in [0.15, 0.2) is 29.1 Å². The second kappa shape index (κ2) is 6.21. The molecule has 4 rings (SSSR count). The summed E-state index contributed by atoms with van der Waals surface area (Å²) in [6, 6.07) is 2.03. The first kappa shape index (κ1) is 15.1. The summed E-state index contributed by atoms with van der Waals surface area (Å²) in [7, 11) is 1.88. The number of rotatable bonds is 4. The van der Waals surface area contributed by atoms with E-state index in [1.54, 1.807) is 21.8 Å². The van der Waals surface area contributed by atoms with E-state index in [1.165, 1.54) is 0 Å². The van der Waals surface area contributed by atoms with Gasteiger partial charge >= 0.3 is 0 Å². The van der Waals surface area contributed by atoms with Crippen molar-refractivity contribution in [2.24, 2.45) is 7.05 Å². The average molecular weight is 328 g/mol. The lowest BCUT2D eigenvalue weighted by molar-refractivity contribution is 0.0313. The van der Waals surface area contributed by atoms with Gasteiger partial charge in [-0.2, -0.15) is 10.2 Å². The Labute approximate surface area is 139 Å². The lowest BCUT2D eigenvalue weighted by Gasteiger charge is -2.25. The molecule has 3 aromatic rings. The number of hydrogen-bond acceptors (Lipinski definition) is 6. The van der Waals surface area contributed by atoms with Gasteiger partial charge < -0.3 is 9.15 Å². The van der Waals surface area contributed by atoms with Crippen molar-refractivity contribution in [3.05, 3.63) is 36.3 Å². The fourth-order valence-electron chi connectivity index (χ4n) is 2.86. The molecule has 8 nitrogen and oxygen atoms in total. The number of ether oxygens (including phenoxy) is 1. The number of hydrogen-bond donors (Lipinski definition) is 0. The molecule has 0 radical (unpaired) electrons. The van der Waals surface area contributed by atoms with Crippen molar-refractivity contribution in [1.29, 1.82) is 0 Å². The Morgan fingerprint density at radius 3 is 2.83 bits per heavy atom. The fraction of sp³-hybridized carbons (Fsp3) is 0.438. The van der Waals surface area contributed by atoms with Crippen molar-refractivity contribution in [3.8, 4) is 17.1 Å². The zero-order valence-corrected chi connectivity index (χ0v) is 13.8. The third-order valence-electron chi connectivity index (χ3n) is 4.04. The minimum absolute atomic E-state index is 0.713. The number of aryl methyl sites for hydroxylation is 2. The Kier molecular flexibility index (Phi) is 3.91. The van der Waals surface area contributed by atoms with Gasteiger partial charge in [0.05, 0.1) is 37.7 Å². The molecule has 24 heavy (non-hydrogen) atoms. The van der Waals surface area contributed by atoms with Crippen LogP contribution in [0.25, 0.3) is 17.1 Å². The molecule has 0 bridgehead atoms. The van der Waals surface area contributed by atoms with Crippen molar-refractivity contribution in [1.82, 2.24) is 29.4 Å². The van der Waals surface area contributed by atoms with E-state index in [-0.39, 0.29) is 0 Å². The fourth-order valence-corrected chi connectivity index (χ4v) is 2.86. The van der Waals surface area contributed by atoms with Gasteiger partial charge in [-0.25, -0.2) is 9.67 Å². The largest absolute Gasteiger partial charge is 0.467 e. The van der Waals surface area contributed by atoms with Crippen LogP contribution in [0.5, 0.6) is 0 Å². The Hall–Kier alpha value is -2.45. The zero-order chi connectivity index (χ0) is 16.5. The smallest absolute Gasteiger partial charge is 0.166 e. The average Bonchev–Trinajstić information content (AvgIpc) is 3.28. The monoisotopic (exact) mass is 328 g/mol. The molecular formula is C16H20N6O2. The summed E-state index contributed by atoms with van der Waals surface area (Å²) in [5, 5.41) is 8.68. The van der Waals surface area contributed by atoms with E-state index < -0.39 is 0 Å². The van der Waals surface area contributed by atoms with Crippen molar-refractivity contribution in [2.75, 3.05) is 26.3 Å². The topological polar surface area (TPSA) is 74.1 Å².